The van der Waals surface area contributed by atoms with Gasteiger partial charge in [0.05, 0.1) is 0 Å². The summed E-state index contributed by atoms with van der Waals surface area (Å²) in [5.74, 6) is 1.19. The topological polar surface area (TPSA) is 15.3 Å². The summed E-state index contributed by atoms with van der Waals surface area (Å²) in [6, 6.07) is 0.458. The number of nitrogens with zero attached hydrogens (tertiary/aromatic N) is 1. The van der Waals surface area contributed by atoms with E-state index >= 15 is 0 Å². The van der Waals surface area contributed by atoms with E-state index < -0.39 is 0 Å². The minimum Gasteiger partial charge on any atom is -0.369 e. The van der Waals surface area contributed by atoms with Crippen molar-refractivity contribution in [3.63, 3.8) is 0 Å². The molecule has 0 amide bonds. The summed E-state index contributed by atoms with van der Waals surface area (Å²) in [4.78, 5) is 2.12. The summed E-state index contributed by atoms with van der Waals surface area (Å²) in [6.45, 7) is 10.4. The predicted octanol–water partition coefficient (Wildman–Crippen LogP) is 2.74. The lowest BCUT2D eigenvalue weighted by atomic mass is 10.1. The fraction of sp³-hybridized carbons (Fsp3) is 0.667. The first-order chi connectivity index (χ1) is 6.52. The van der Waals surface area contributed by atoms with Crippen LogP contribution in [0.5, 0.6) is 0 Å². The van der Waals surface area contributed by atoms with Crippen LogP contribution in [0.4, 0.5) is 0 Å². The third-order valence-corrected chi connectivity index (χ3v) is 1.94. The Morgan fingerprint density at radius 2 is 2.00 bits per heavy atom. The third-order valence-electron chi connectivity index (χ3n) is 1.94. The van der Waals surface area contributed by atoms with Gasteiger partial charge in [-0.15, -0.1) is 0 Å². The van der Waals surface area contributed by atoms with Gasteiger partial charge in [-0.2, -0.15) is 0 Å². The normalized spacial score (nSPS) is 12.4. The molecule has 14 heavy (non-hydrogen) atoms. The third kappa shape index (κ3) is 4.35. The van der Waals surface area contributed by atoms with Gasteiger partial charge in [-0.25, -0.2) is 0 Å². The first kappa shape index (κ1) is 13.1. The van der Waals surface area contributed by atoms with Crippen LogP contribution in [-0.4, -0.2) is 25.0 Å². The standard InChI is InChI=1S/C12H24N2/c1-7-9-11(8-2)12(14(5)6)13-10(3)4/h8,10,13H,2,7,9H2,1,3-6H3/b12-11-. The van der Waals surface area contributed by atoms with Gasteiger partial charge < -0.3 is 10.2 Å². The minimum atomic E-state index is 0.458. The van der Waals surface area contributed by atoms with E-state index in [9.17, 15) is 0 Å². The average Bonchev–Trinajstić information content (AvgIpc) is 2.10. The lowest BCUT2D eigenvalue weighted by Gasteiger charge is -2.24. The van der Waals surface area contributed by atoms with Gasteiger partial charge in [0.2, 0.25) is 0 Å². The van der Waals surface area contributed by atoms with Gasteiger partial charge in [0.15, 0.2) is 0 Å². The molecular weight excluding hydrogens is 172 g/mol. The summed E-state index contributed by atoms with van der Waals surface area (Å²) in [5.41, 5.74) is 1.30. The highest BCUT2D eigenvalue weighted by atomic mass is 15.2. The Labute approximate surface area is 88.7 Å². The first-order valence-electron chi connectivity index (χ1n) is 5.32. The first-order valence-corrected chi connectivity index (χ1v) is 5.32. The van der Waals surface area contributed by atoms with Crippen molar-refractivity contribution in [2.24, 2.45) is 0 Å². The molecule has 0 saturated carbocycles. The lowest BCUT2D eigenvalue weighted by molar-refractivity contribution is 0.432. The van der Waals surface area contributed by atoms with E-state index in [1.807, 2.05) is 6.08 Å². The fourth-order valence-electron chi connectivity index (χ4n) is 1.37. The molecule has 0 aromatic rings. The second-order valence-corrected chi connectivity index (χ2v) is 4.02. The lowest BCUT2D eigenvalue weighted by Crippen LogP contribution is -2.32. The molecule has 0 rings (SSSR count). The van der Waals surface area contributed by atoms with Crippen LogP contribution in [0.15, 0.2) is 24.0 Å². The summed E-state index contributed by atoms with van der Waals surface area (Å²) in [7, 11) is 4.12. The van der Waals surface area contributed by atoms with Gasteiger partial charge in [0.1, 0.15) is 5.82 Å². The van der Waals surface area contributed by atoms with Crippen LogP contribution >= 0.6 is 0 Å². The molecule has 2 heteroatoms. The fourth-order valence-corrected chi connectivity index (χ4v) is 1.37. The van der Waals surface area contributed by atoms with Crippen molar-refractivity contribution in [2.75, 3.05) is 14.1 Å². The van der Waals surface area contributed by atoms with Crippen LogP contribution < -0.4 is 5.32 Å². The molecule has 0 fully saturated rings. The van der Waals surface area contributed by atoms with Crippen molar-refractivity contribution in [1.82, 2.24) is 10.2 Å². The van der Waals surface area contributed by atoms with Crippen molar-refractivity contribution >= 4 is 0 Å². The molecule has 2 nitrogen and oxygen atoms in total. The SMILES string of the molecule is C=C/C(CCC)=C(\NC(C)C)N(C)C. The number of hydrogen-bond acceptors (Lipinski definition) is 2. The Morgan fingerprint density at radius 1 is 1.43 bits per heavy atom. The van der Waals surface area contributed by atoms with Gasteiger partial charge in [-0.1, -0.05) is 26.0 Å². The zero-order valence-corrected chi connectivity index (χ0v) is 10.2. The summed E-state index contributed by atoms with van der Waals surface area (Å²) >= 11 is 0. The van der Waals surface area contributed by atoms with Crippen LogP contribution in [0.2, 0.25) is 0 Å². The van der Waals surface area contributed by atoms with Gasteiger partial charge in [0, 0.05) is 20.1 Å². The van der Waals surface area contributed by atoms with Crippen LogP contribution in [0, 0.1) is 0 Å². The van der Waals surface area contributed by atoms with E-state index in [1.54, 1.807) is 0 Å². The largest absolute Gasteiger partial charge is 0.369 e. The minimum absolute atomic E-state index is 0.458. The van der Waals surface area contributed by atoms with E-state index in [4.69, 9.17) is 0 Å². The monoisotopic (exact) mass is 196 g/mol. The molecular formula is C12H24N2. The van der Waals surface area contributed by atoms with E-state index in [0.29, 0.717) is 6.04 Å². The van der Waals surface area contributed by atoms with Crippen molar-refractivity contribution < 1.29 is 0 Å². The highest BCUT2D eigenvalue weighted by Crippen LogP contribution is 2.12. The highest BCUT2D eigenvalue weighted by Gasteiger charge is 2.06. The Morgan fingerprint density at radius 3 is 2.29 bits per heavy atom. The average molecular weight is 196 g/mol. The van der Waals surface area contributed by atoms with Gasteiger partial charge in [-0.05, 0) is 25.8 Å². The van der Waals surface area contributed by atoms with Crippen LogP contribution in [0.3, 0.4) is 0 Å². The van der Waals surface area contributed by atoms with Crippen molar-refractivity contribution in [3.05, 3.63) is 24.0 Å². The van der Waals surface area contributed by atoms with E-state index in [2.05, 4.69) is 51.7 Å². The van der Waals surface area contributed by atoms with Gasteiger partial charge in [0.25, 0.3) is 0 Å². The molecule has 0 bridgehead atoms. The number of hydrogen-bond donors (Lipinski definition) is 1. The molecule has 0 aromatic heterocycles. The van der Waals surface area contributed by atoms with Crippen molar-refractivity contribution in [1.29, 1.82) is 0 Å². The number of allylic oxidation sites excluding steroid dienone is 2. The zero-order chi connectivity index (χ0) is 11.1. The van der Waals surface area contributed by atoms with Gasteiger partial charge >= 0.3 is 0 Å². The second kappa shape index (κ2) is 6.52. The predicted molar refractivity (Wildman–Crippen MR) is 64.1 cm³/mol. The molecule has 0 aromatic carbocycles. The quantitative estimate of drug-likeness (QED) is 0.657. The molecule has 0 radical (unpaired) electrons. The van der Waals surface area contributed by atoms with Crippen LogP contribution in [-0.2, 0) is 0 Å². The van der Waals surface area contributed by atoms with Crippen molar-refractivity contribution in [2.45, 2.75) is 39.7 Å². The van der Waals surface area contributed by atoms with Gasteiger partial charge in [-0.3, -0.25) is 0 Å². The Balaban J connectivity index is 4.78. The maximum Gasteiger partial charge on any atom is 0.104 e. The van der Waals surface area contributed by atoms with Crippen LogP contribution in [0.25, 0.3) is 0 Å². The number of rotatable bonds is 6. The second-order valence-electron chi connectivity index (χ2n) is 4.02. The summed E-state index contributed by atoms with van der Waals surface area (Å²) in [6.07, 6.45) is 4.18. The molecule has 82 valence electrons. The smallest absolute Gasteiger partial charge is 0.104 e. The summed E-state index contributed by atoms with van der Waals surface area (Å²) < 4.78 is 0. The molecule has 0 atom stereocenters. The Kier molecular flexibility index (Phi) is 6.09. The van der Waals surface area contributed by atoms with E-state index in [0.717, 1.165) is 12.8 Å². The Bertz CT molecular complexity index is 202. The van der Waals surface area contributed by atoms with Crippen LogP contribution in [0.1, 0.15) is 33.6 Å². The summed E-state index contributed by atoms with van der Waals surface area (Å²) in [5, 5.41) is 3.45. The highest BCUT2D eigenvalue weighted by molar-refractivity contribution is 5.22. The molecule has 0 saturated heterocycles. The number of nitrogens with one attached hydrogen (secondary N) is 1. The molecule has 1 N–H and O–H groups in total. The Hall–Kier alpha value is -0.920. The molecule has 0 aliphatic carbocycles. The molecule has 0 aliphatic heterocycles. The molecule has 0 heterocycles. The van der Waals surface area contributed by atoms with E-state index in [1.165, 1.54) is 11.4 Å². The maximum atomic E-state index is 3.87. The van der Waals surface area contributed by atoms with Crippen molar-refractivity contribution in [3.8, 4) is 0 Å². The van der Waals surface area contributed by atoms with E-state index in [-0.39, 0.29) is 0 Å². The maximum absolute atomic E-state index is 3.87. The zero-order valence-electron chi connectivity index (χ0n) is 10.2. The molecule has 0 spiro atoms. The molecule has 0 aliphatic rings. The molecule has 0 unspecified atom stereocenters.